The van der Waals surface area contributed by atoms with Gasteiger partial charge >= 0.3 is 0 Å². The maximum Gasteiger partial charge on any atom is 0.270 e. The number of hydrogen-bond donors (Lipinski definition) is 2. The van der Waals surface area contributed by atoms with Crippen LogP contribution < -0.4 is 10.6 Å². The molecule has 2 N–H and O–H groups in total. The normalized spacial score (nSPS) is 14.9. The van der Waals surface area contributed by atoms with Gasteiger partial charge in [-0.3, -0.25) is 24.5 Å². The summed E-state index contributed by atoms with van der Waals surface area (Å²) >= 11 is 0. The van der Waals surface area contributed by atoms with Crippen LogP contribution in [0.3, 0.4) is 0 Å². The minimum atomic E-state index is -4.03. The number of rotatable bonds is 11. The van der Waals surface area contributed by atoms with Crippen molar-refractivity contribution in [3.05, 3.63) is 130 Å². The third-order valence-corrected chi connectivity index (χ3v) is 9.87. The summed E-state index contributed by atoms with van der Waals surface area (Å²) in [5.41, 5.74) is 2.83. The Bertz CT molecular complexity index is 1920. The Morgan fingerprint density at radius 3 is 2.33 bits per heavy atom. The second-order valence-corrected chi connectivity index (χ2v) is 13.5. The minimum absolute atomic E-state index is 0.0504. The van der Waals surface area contributed by atoms with E-state index in [-0.39, 0.29) is 47.8 Å². The van der Waals surface area contributed by atoms with Crippen molar-refractivity contribution in [2.45, 2.75) is 30.7 Å². The Morgan fingerprint density at radius 2 is 1.60 bits per heavy atom. The van der Waals surface area contributed by atoms with E-state index in [1.165, 1.54) is 22.5 Å². The first-order chi connectivity index (χ1) is 23.0. The van der Waals surface area contributed by atoms with Gasteiger partial charge in [-0.15, -0.1) is 0 Å². The zero-order valence-corrected chi connectivity index (χ0v) is 27.1. The SMILES string of the molecule is CN(Cc1ccccc1)C(=O)c1cccc(NC(=O)Cc2ccc(NC(=O)C3CCCN(S(=O)(=O)c4cccc([N+](=O)[O-])c4)C3)cc2)c1. The number of nitrogens with one attached hydrogen (secondary N) is 2. The molecule has 4 aromatic rings. The van der Waals surface area contributed by atoms with Crippen molar-refractivity contribution in [2.24, 2.45) is 5.92 Å². The molecule has 4 aromatic carbocycles. The summed E-state index contributed by atoms with van der Waals surface area (Å²) in [6, 6.07) is 28.1. The number of amides is 3. The molecule has 1 saturated heterocycles. The average Bonchev–Trinajstić information content (AvgIpc) is 3.09. The van der Waals surface area contributed by atoms with Gasteiger partial charge in [0.15, 0.2) is 0 Å². The van der Waals surface area contributed by atoms with E-state index in [4.69, 9.17) is 0 Å². The molecule has 248 valence electrons. The molecule has 1 unspecified atom stereocenters. The summed E-state index contributed by atoms with van der Waals surface area (Å²) in [5, 5.41) is 16.8. The van der Waals surface area contributed by atoms with Gasteiger partial charge in [-0.2, -0.15) is 4.31 Å². The number of nitrogens with zero attached hydrogens (tertiary/aromatic N) is 3. The monoisotopic (exact) mass is 669 g/mol. The van der Waals surface area contributed by atoms with E-state index in [1.54, 1.807) is 60.5 Å². The molecular weight excluding hydrogens is 634 g/mol. The standard InChI is InChI=1S/C35H35N5O7S/c1-38(23-26-8-3-2-4-9-26)35(43)27-10-5-12-30(21-27)36-33(41)20-25-15-17-29(18-16-25)37-34(42)28-11-7-19-39(24-28)48(46,47)32-14-6-13-31(22-32)40(44)45/h2-6,8-10,12-18,21-22,28H,7,11,19-20,23-24H2,1H3,(H,36,41)(H,37,42). The topological polar surface area (TPSA) is 159 Å². The number of benzene rings is 4. The van der Waals surface area contributed by atoms with Crippen LogP contribution in [-0.2, 0) is 32.6 Å². The van der Waals surface area contributed by atoms with Gasteiger partial charge in [0.1, 0.15) is 0 Å². The van der Waals surface area contributed by atoms with Crippen LogP contribution in [-0.4, -0.2) is 60.4 Å². The molecule has 1 fully saturated rings. The predicted molar refractivity (Wildman–Crippen MR) is 181 cm³/mol. The Labute approximate surface area is 278 Å². The van der Waals surface area contributed by atoms with Gasteiger partial charge in [0.05, 0.1) is 22.2 Å². The minimum Gasteiger partial charge on any atom is -0.337 e. The van der Waals surface area contributed by atoms with Gasteiger partial charge in [0, 0.05) is 55.8 Å². The maximum absolute atomic E-state index is 13.2. The van der Waals surface area contributed by atoms with Crippen molar-refractivity contribution < 1.29 is 27.7 Å². The Hall–Kier alpha value is -5.40. The van der Waals surface area contributed by atoms with Gasteiger partial charge in [-0.25, -0.2) is 8.42 Å². The van der Waals surface area contributed by atoms with Crippen LogP contribution in [0.15, 0.2) is 108 Å². The molecular formula is C35H35N5O7S. The molecule has 13 heteroatoms. The fourth-order valence-electron chi connectivity index (χ4n) is 5.50. The van der Waals surface area contributed by atoms with Crippen molar-refractivity contribution in [1.29, 1.82) is 0 Å². The molecule has 1 aliphatic heterocycles. The zero-order valence-electron chi connectivity index (χ0n) is 26.2. The predicted octanol–water partition coefficient (Wildman–Crippen LogP) is 5.09. The van der Waals surface area contributed by atoms with Crippen LogP contribution in [0.5, 0.6) is 0 Å². The van der Waals surface area contributed by atoms with Crippen LogP contribution in [0.25, 0.3) is 0 Å². The van der Waals surface area contributed by atoms with E-state index in [0.29, 0.717) is 41.9 Å². The number of non-ortho nitro benzene ring substituents is 1. The molecule has 0 aromatic heterocycles. The molecule has 0 aliphatic carbocycles. The number of piperidine rings is 1. The molecule has 0 bridgehead atoms. The van der Waals surface area contributed by atoms with Crippen LogP contribution in [0.2, 0.25) is 0 Å². The second kappa shape index (κ2) is 15.0. The highest BCUT2D eigenvalue weighted by atomic mass is 32.2. The third-order valence-electron chi connectivity index (χ3n) is 8.01. The fraction of sp³-hybridized carbons (Fsp3) is 0.229. The van der Waals surface area contributed by atoms with Crippen LogP contribution in [0.1, 0.15) is 34.3 Å². The first-order valence-corrected chi connectivity index (χ1v) is 16.8. The lowest BCUT2D eigenvalue weighted by molar-refractivity contribution is -0.385. The molecule has 1 atom stereocenters. The first-order valence-electron chi connectivity index (χ1n) is 15.3. The van der Waals surface area contributed by atoms with Crippen molar-refractivity contribution in [3.8, 4) is 0 Å². The molecule has 0 spiro atoms. The molecule has 12 nitrogen and oxygen atoms in total. The fourth-order valence-corrected chi connectivity index (χ4v) is 7.07. The molecule has 5 rings (SSSR count). The van der Waals surface area contributed by atoms with E-state index in [9.17, 15) is 32.9 Å². The van der Waals surface area contributed by atoms with E-state index < -0.39 is 20.9 Å². The number of sulfonamides is 1. The summed E-state index contributed by atoms with van der Waals surface area (Å²) in [6.07, 6.45) is 1.01. The lowest BCUT2D eigenvalue weighted by Gasteiger charge is -2.31. The summed E-state index contributed by atoms with van der Waals surface area (Å²) in [7, 11) is -2.30. The van der Waals surface area contributed by atoms with Crippen LogP contribution in [0, 0.1) is 16.0 Å². The largest absolute Gasteiger partial charge is 0.337 e. The van der Waals surface area contributed by atoms with Crippen molar-refractivity contribution in [2.75, 3.05) is 30.8 Å². The molecule has 1 heterocycles. The second-order valence-electron chi connectivity index (χ2n) is 11.6. The third kappa shape index (κ3) is 8.49. The van der Waals surface area contributed by atoms with E-state index in [0.717, 1.165) is 11.6 Å². The summed E-state index contributed by atoms with van der Waals surface area (Å²) < 4.78 is 27.6. The van der Waals surface area contributed by atoms with Crippen molar-refractivity contribution in [1.82, 2.24) is 9.21 Å². The number of nitro groups is 1. The number of hydrogen-bond acceptors (Lipinski definition) is 7. The summed E-state index contributed by atoms with van der Waals surface area (Å²) in [5.74, 6) is -1.40. The van der Waals surface area contributed by atoms with E-state index >= 15 is 0 Å². The van der Waals surface area contributed by atoms with Gasteiger partial charge < -0.3 is 15.5 Å². The number of carbonyl (C=O) groups excluding carboxylic acids is 3. The summed E-state index contributed by atoms with van der Waals surface area (Å²) in [6.45, 7) is 0.610. The highest BCUT2D eigenvalue weighted by molar-refractivity contribution is 7.89. The van der Waals surface area contributed by atoms with E-state index in [1.807, 2.05) is 30.3 Å². The average molecular weight is 670 g/mol. The quantitative estimate of drug-likeness (QED) is 0.166. The van der Waals surface area contributed by atoms with Gasteiger partial charge in [-0.1, -0.05) is 54.6 Å². The van der Waals surface area contributed by atoms with Crippen molar-refractivity contribution >= 4 is 44.8 Å². The number of carbonyl (C=O) groups is 3. The molecule has 0 saturated carbocycles. The highest BCUT2D eigenvalue weighted by Gasteiger charge is 2.34. The molecule has 48 heavy (non-hydrogen) atoms. The Kier molecular flexibility index (Phi) is 10.6. The Balaban J connectivity index is 1.13. The van der Waals surface area contributed by atoms with Gasteiger partial charge in [0.25, 0.3) is 11.6 Å². The molecule has 0 radical (unpaired) electrons. The molecule has 1 aliphatic rings. The Morgan fingerprint density at radius 1 is 0.875 bits per heavy atom. The summed E-state index contributed by atoms with van der Waals surface area (Å²) in [4.78, 5) is 50.8. The maximum atomic E-state index is 13.2. The lowest BCUT2D eigenvalue weighted by atomic mass is 9.98. The van der Waals surface area contributed by atoms with Crippen LogP contribution in [0.4, 0.5) is 17.1 Å². The highest BCUT2D eigenvalue weighted by Crippen LogP contribution is 2.27. The van der Waals surface area contributed by atoms with E-state index in [2.05, 4.69) is 10.6 Å². The molecule has 3 amide bonds. The lowest BCUT2D eigenvalue weighted by Crippen LogP contribution is -2.43. The van der Waals surface area contributed by atoms with Crippen molar-refractivity contribution in [3.63, 3.8) is 0 Å². The first kappa shape index (κ1) is 33.9. The number of nitro benzene ring substituents is 1. The smallest absolute Gasteiger partial charge is 0.270 e. The number of anilines is 2. The van der Waals surface area contributed by atoms with Crippen LogP contribution >= 0.6 is 0 Å². The zero-order chi connectivity index (χ0) is 34.3. The van der Waals surface area contributed by atoms with Gasteiger partial charge in [0.2, 0.25) is 21.8 Å². The van der Waals surface area contributed by atoms with Gasteiger partial charge in [-0.05, 0) is 60.4 Å².